The van der Waals surface area contributed by atoms with Gasteiger partial charge in [0.15, 0.2) is 11.5 Å². The van der Waals surface area contributed by atoms with Gasteiger partial charge in [-0.05, 0) is 30.7 Å². The molecule has 0 aliphatic carbocycles. The number of pyridine rings is 2. The van der Waals surface area contributed by atoms with E-state index in [1.54, 1.807) is 29.3 Å². The van der Waals surface area contributed by atoms with Crippen molar-refractivity contribution >= 4 is 45.3 Å². The third-order valence-electron chi connectivity index (χ3n) is 4.35. The summed E-state index contributed by atoms with van der Waals surface area (Å²) in [5.74, 6) is -0.332. The number of carboxylic acids is 1. The van der Waals surface area contributed by atoms with Gasteiger partial charge in [-0.15, -0.1) is 0 Å². The third-order valence-corrected chi connectivity index (χ3v) is 4.84. The Balaban J connectivity index is 1.71. The molecule has 1 fully saturated rings. The van der Waals surface area contributed by atoms with Gasteiger partial charge in [0.1, 0.15) is 5.82 Å². The second-order valence-corrected chi connectivity index (χ2v) is 6.81. The normalized spacial score (nSPS) is 18.0. The number of nitrogens with zero attached hydrogens (tertiary/aromatic N) is 4. The van der Waals surface area contributed by atoms with Crippen molar-refractivity contribution in [2.75, 3.05) is 28.2 Å². The summed E-state index contributed by atoms with van der Waals surface area (Å²) in [5, 5.41) is 12.0. The molecule has 8 nitrogen and oxygen atoms in total. The first-order valence-electron chi connectivity index (χ1n) is 7.74. The summed E-state index contributed by atoms with van der Waals surface area (Å²) >= 11 is 3.34. The number of fused-ring (bicyclic) bond motifs is 4. The van der Waals surface area contributed by atoms with Gasteiger partial charge in [-0.25, -0.2) is 19.6 Å². The number of anilines is 3. The Morgan fingerprint density at radius 2 is 2.16 bits per heavy atom. The molecule has 2 aromatic heterocycles. The van der Waals surface area contributed by atoms with Crippen LogP contribution in [0, 0.1) is 0 Å². The van der Waals surface area contributed by atoms with E-state index in [2.05, 4.69) is 36.1 Å². The molecule has 2 N–H and O–H groups in total. The summed E-state index contributed by atoms with van der Waals surface area (Å²) in [6.07, 6.45) is 2.39. The maximum atomic E-state index is 12.9. The maximum absolute atomic E-state index is 12.9. The van der Waals surface area contributed by atoms with Gasteiger partial charge in [0, 0.05) is 23.8 Å². The molecule has 2 amide bonds. The van der Waals surface area contributed by atoms with Crippen molar-refractivity contribution in [1.82, 2.24) is 9.97 Å². The van der Waals surface area contributed by atoms with Gasteiger partial charge in [0.2, 0.25) is 0 Å². The number of urea groups is 1. The first-order chi connectivity index (χ1) is 12.0. The van der Waals surface area contributed by atoms with Crippen LogP contribution in [0.5, 0.6) is 0 Å². The van der Waals surface area contributed by atoms with Crippen LogP contribution in [0.2, 0.25) is 0 Å². The predicted molar refractivity (Wildman–Crippen MR) is 95.2 cm³/mol. The van der Waals surface area contributed by atoms with Crippen LogP contribution in [0.25, 0.3) is 0 Å². The second kappa shape index (κ2) is 5.99. The number of aromatic nitrogens is 2. The van der Waals surface area contributed by atoms with Crippen LogP contribution < -0.4 is 15.1 Å². The van der Waals surface area contributed by atoms with Crippen LogP contribution in [0.15, 0.2) is 34.9 Å². The Labute approximate surface area is 151 Å². The number of rotatable bonds is 2. The first-order valence-corrected chi connectivity index (χ1v) is 8.53. The van der Waals surface area contributed by atoms with Gasteiger partial charge in [-0.2, -0.15) is 0 Å². The molecular weight excluding hydrogens is 390 g/mol. The predicted octanol–water partition coefficient (Wildman–Crippen LogP) is 2.57. The Kier molecular flexibility index (Phi) is 3.79. The Bertz CT molecular complexity index is 875. The highest BCUT2D eigenvalue weighted by molar-refractivity contribution is 9.10. The van der Waals surface area contributed by atoms with Gasteiger partial charge in [0.05, 0.1) is 11.7 Å². The molecular formula is C16H14BrN5O3. The van der Waals surface area contributed by atoms with Crippen LogP contribution in [0.3, 0.4) is 0 Å². The standard InChI is InChI=1S/C16H14BrN5O3/c17-9-3-5-18-13(7-9)20-16(25)22-10-4-6-21(8-10)12-2-1-11(15(23)24)19-14(12)22/h1-3,5,7,10H,4,6,8H2,(H,23,24)(H,18,20,25)/t10-/m1/s1. The quantitative estimate of drug-likeness (QED) is 0.799. The molecule has 128 valence electrons. The monoisotopic (exact) mass is 403 g/mol. The molecule has 1 atom stereocenters. The van der Waals surface area contributed by atoms with Gasteiger partial charge in [-0.3, -0.25) is 10.2 Å². The number of aromatic carboxylic acids is 1. The van der Waals surface area contributed by atoms with Crippen LogP contribution in [0.1, 0.15) is 16.9 Å². The zero-order chi connectivity index (χ0) is 17.6. The number of halogens is 1. The summed E-state index contributed by atoms with van der Waals surface area (Å²) < 4.78 is 0.801. The lowest BCUT2D eigenvalue weighted by Crippen LogP contribution is -2.48. The average molecular weight is 404 g/mol. The van der Waals surface area contributed by atoms with Crippen LogP contribution in [-0.4, -0.2) is 46.2 Å². The number of carbonyl (C=O) groups is 2. The van der Waals surface area contributed by atoms with E-state index >= 15 is 0 Å². The van der Waals surface area contributed by atoms with E-state index in [1.807, 2.05) is 0 Å². The summed E-state index contributed by atoms with van der Waals surface area (Å²) in [6, 6.07) is 6.23. The summed E-state index contributed by atoms with van der Waals surface area (Å²) in [5.41, 5.74) is 0.690. The van der Waals surface area contributed by atoms with E-state index in [4.69, 9.17) is 0 Å². The molecule has 2 bridgehead atoms. The number of hydrogen-bond acceptors (Lipinski definition) is 5. The van der Waals surface area contributed by atoms with Crippen molar-refractivity contribution in [3.8, 4) is 0 Å². The third kappa shape index (κ3) is 2.80. The molecule has 2 aliphatic heterocycles. The molecule has 0 unspecified atom stereocenters. The van der Waals surface area contributed by atoms with Gasteiger partial charge < -0.3 is 10.0 Å². The molecule has 0 aromatic carbocycles. The molecule has 2 aromatic rings. The molecule has 4 rings (SSSR count). The second-order valence-electron chi connectivity index (χ2n) is 5.89. The molecule has 0 saturated carbocycles. The molecule has 25 heavy (non-hydrogen) atoms. The summed E-state index contributed by atoms with van der Waals surface area (Å²) in [7, 11) is 0. The fourth-order valence-electron chi connectivity index (χ4n) is 3.23. The Hall–Kier alpha value is -2.68. The van der Waals surface area contributed by atoms with E-state index in [0.717, 1.165) is 23.1 Å². The Morgan fingerprint density at radius 1 is 1.32 bits per heavy atom. The van der Waals surface area contributed by atoms with Crippen molar-refractivity contribution in [2.24, 2.45) is 0 Å². The van der Waals surface area contributed by atoms with Crippen LogP contribution >= 0.6 is 15.9 Å². The minimum absolute atomic E-state index is 0.0452. The van der Waals surface area contributed by atoms with Crippen molar-refractivity contribution in [3.05, 3.63) is 40.6 Å². The molecule has 4 heterocycles. The van der Waals surface area contributed by atoms with Gasteiger partial charge >= 0.3 is 12.0 Å². The SMILES string of the molecule is O=C(O)c1ccc2c(n1)N(C(=O)Nc1cc(Br)ccn1)[C@@H]1CCN2C1. The van der Waals surface area contributed by atoms with Gasteiger partial charge in [0.25, 0.3) is 0 Å². The smallest absolute Gasteiger partial charge is 0.354 e. The fourth-order valence-corrected chi connectivity index (χ4v) is 3.57. The largest absolute Gasteiger partial charge is 0.477 e. The summed E-state index contributed by atoms with van der Waals surface area (Å²) in [6.45, 7) is 1.52. The lowest BCUT2D eigenvalue weighted by Gasteiger charge is -2.35. The topological polar surface area (TPSA) is 98.7 Å². The zero-order valence-electron chi connectivity index (χ0n) is 13.0. The minimum Gasteiger partial charge on any atom is -0.477 e. The average Bonchev–Trinajstić information content (AvgIpc) is 2.99. The van der Waals surface area contributed by atoms with E-state index in [1.165, 1.54) is 6.07 Å². The van der Waals surface area contributed by atoms with Gasteiger partial charge in [-0.1, -0.05) is 15.9 Å². The molecule has 9 heteroatoms. The van der Waals surface area contributed by atoms with E-state index < -0.39 is 5.97 Å². The number of carbonyl (C=O) groups excluding carboxylic acids is 1. The number of nitrogens with one attached hydrogen (secondary N) is 1. The first kappa shape index (κ1) is 15.8. The van der Waals surface area contributed by atoms with Crippen molar-refractivity contribution < 1.29 is 14.7 Å². The van der Waals surface area contributed by atoms with E-state index in [0.29, 0.717) is 18.2 Å². The highest BCUT2D eigenvalue weighted by Crippen LogP contribution is 2.39. The fraction of sp³-hybridized carbons (Fsp3) is 0.250. The van der Waals surface area contributed by atoms with E-state index in [-0.39, 0.29) is 17.8 Å². The summed E-state index contributed by atoms with van der Waals surface area (Å²) in [4.78, 5) is 36.1. The number of amides is 2. The molecule has 1 saturated heterocycles. The number of hydrogen-bond donors (Lipinski definition) is 2. The maximum Gasteiger partial charge on any atom is 0.354 e. The molecule has 2 aliphatic rings. The highest BCUT2D eigenvalue weighted by atomic mass is 79.9. The lowest BCUT2D eigenvalue weighted by atomic mass is 10.2. The van der Waals surface area contributed by atoms with Crippen molar-refractivity contribution in [1.29, 1.82) is 0 Å². The van der Waals surface area contributed by atoms with Crippen molar-refractivity contribution in [2.45, 2.75) is 12.5 Å². The zero-order valence-corrected chi connectivity index (χ0v) is 14.6. The minimum atomic E-state index is -1.12. The lowest BCUT2D eigenvalue weighted by molar-refractivity contribution is 0.0690. The van der Waals surface area contributed by atoms with Crippen LogP contribution in [-0.2, 0) is 0 Å². The van der Waals surface area contributed by atoms with E-state index in [9.17, 15) is 14.7 Å². The van der Waals surface area contributed by atoms with Crippen LogP contribution in [0.4, 0.5) is 22.1 Å². The Morgan fingerprint density at radius 3 is 2.92 bits per heavy atom. The van der Waals surface area contributed by atoms with Crippen molar-refractivity contribution in [3.63, 3.8) is 0 Å². The highest BCUT2D eigenvalue weighted by Gasteiger charge is 2.40. The molecule has 0 radical (unpaired) electrons. The molecule has 0 spiro atoms. The number of carboxylic acid groups (broad SMARTS) is 1.